The first-order chi connectivity index (χ1) is 17.6. The third-order valence-corrected chi connectivity index (χ3v) is 5.83. The first-order valence-corrected chi connectivity index (χ1v) is 12.4. The Labute approximate surface area is 220 Å². The van der Waals surface area contributed by atoms with Gasteiger partial charge >= 0.3 is 12.5 Å². The van der Waals surface area contributed by atoms with Gasteiger partial charge in [0.1, 0.15) is 5.82 Å². The van der Waals surface area contributed by atoms with E-state index in [9.17, 15) is 13.6 Å². The van der Waals surface area contributed by atoms with Gasteiger partial charge in [-0.1, -0.05) is 37.6 Å². The van der Waals surface area contributed by atoms with E-state index < -0.39 is 18.1 Å². The summed E-state index contributed by atoms with van der Waals surface area (Å²) < 4.78 is 45.5. The number of benzene rings is 2. The molecule has 11 heteroatoms. The maximum atomic E-state index is 15.1. The molecule has 0 atom stereocenters. The minimum absolute atomic E-state index is 0.0745. The first kappa shape index (κ1) is 30.1. The molecule has 0 aliphatic rings. The number of aryl methyl sites for hydroxylation is 1. The predicted molar refractivity (Wildman–Crippen MR) is 140 cm³/mol. The Bertz CT molecular complexity index is 1170. The molecule has 3 aromatic rings. The van der Waals surface area contributed by atoms with Crippen molar-refractivity contribution >= 4 is 23.3 Å². The second-order valence-electron chi connectivity index (χ2n) is 8.24. The summed E-state index contributed by atoms with van der Waals surface area (Å²) in [6.07, 6.45) is -2.92. The average Bonchev–Trinajstić information content (AvgIpc) is 3.37. The predicted octanol–water partition coefficient (Wildman–Crippen LogP) is 6.81. The van der Waals surface area contributed by atoms with Crippen LogP contribution in [0.1, 0.15) is 44.2 Å². The first-order valence-electron chi connectivity index (χ1n) is 12.0. The van der Waals surface area contributed by atoms with E-state index >= 15 is 4.39 Å². The summed E-state index contributed by atoms with van der Waals surface area (Å²) in [6.45, 7) is 9.27. The van der Waals surface area contributed by atoms with E-state index in [-0.39, 0.29) is 29.6 Å². The third kappa shape index (κ3) is 7.93. The van der Waals surface area contributed by atoms with Crippen LogP contribution < -0.4 is 4.90 Å². The summed E-state index contributed by atoms with van der Waals surface area (Å²) in [5, 5.41) is 7.30. The molecule has 0 N–H and O–H groups in total. The molecule has 0 spiro atoms. The van der Waals surface area contributed by atoms with Crippen LogP contribution >= 0.6 is 11.6 Å². The van der Waals surface area contributed by atoms with Crippen LogP contribution in [0.25, 0.3) is 11.5 Å². The topological polar surface area (TPSA) is 65.7 Å². The maximum absolute atomic E-state index is 15.1. The van der Waals surface area contributed by atoms with E-state index in [1.807, 2.05) is 46.7 Å². The molecule has 7 nitrogen and oxygen atoms in total. The van der Waals surface area contributed by atoms with E-state index in [1.54, 1.807) is 23.1 Å². The Hall–Kier alpha value is -3.11. The van der Waals surface area contributed by atoms with Gasteiger partial charge in [-0.15, -0.1) is 10.2 Å². The Morgan fingerprint density at radius 2 is 1.78 bits per heavy atom. The molecule has 0 fully saturated rings. The fourth-order valence-corrected chi connectivity index (χ4v) is 3.49. The highest BCUT2D eigenvalue weighted by Gasteiger charge is 2.24. The Morgan fingerprint density at radius 3 is 2.32 bits per heavy atom. The number of amides is 2. The molecule has 202 valence electrons. The number of anilines is 1. The molecule has 0 bridgehead atoms. The fourth-order valence-electron chi connectivity index (χ4n) is 3.32. The lowest BCUT2D eigenvalue weighted by Crippen LogP contribution is -2.45. The SMILES string of the molecule is CC.CCN(CCN(C)C)C(=O)N(Cc1ccc(-c2nnc(C(F)F)o2)cc1F)c1ccc(C)c(Cl)c1. The lowest BCUT2D eigenvalue weighted by molar-refractivity contribution is 0.116. The van der Waals surface area contributed by atoms with Crippen molar-refractivity contribution in [2.24, 2.45) is 0 Å². The van der Waals surface area contributed by atoms with Gasteiger partial charge in [0.15, 0.2) is 0 Å². The minimum Gasteiger partial charge on any atom is -0.415 e. The van der Waals surface area contributed by atoms with Crippen molar-refractivity contribution in [3.05, 3.63) is 64.3 Å². The van der Waals surface area contributed by atoms with Gasteiger partial charge in [-0.2, -0.15) is 8.78 Å². The maximum Gasteiger partial charge on any atom is 0.324 e. The molecule has 0 aliphatic heterocycles. The van der Waals surface area contributed by atoms with Crippen LogP contribution in [0.15, 0.2) is 40.8 Å². The van der Waals surface area contributed by atoms with Crippen LogP contribution in [0.5, 0.6) is 0 Å². The van der Waals surface area contributed by atoms with Crippen molar-refractivity contribution in [2.75, 3.05) is 38.6 Å². The number of carbonyl (C=O) groups is 1. The molecule has 0 radical (unpaired) electrons. The molecule has 0 saturated carbocycles. The molecule has 2 amide bonds. The van der Waals surface area contributed by atoms with Crippen molar-refractivity contribution < 1.29 is 22.4 Å². The van der Waals surface area contributed by atoms with Crippen molar-refractivity contribution in [2.45, 2.75) is 40.7 Å². The number of likely N-dealkylation sites (N-methyl/N-ethyl adjacent to an activating group) is 2. The second-order valence-corrected chi connectivity index (χ2v) is 8.64. The fraction of sp³-hybridized carbons (Fsp3) is 0.423. The lowest BCUT2D eigenvalue weighted by atomic mass is 10.1. The van der Waals surface area contributed by atoms with Gasteiger partial charge in [0.2, 0.25) is 5.89 Å². The molecule has 0 aliphatic carbocycles. The Balaban J connectivity index is 0.00000235. The van der Waals surface area contributed by atoms with E-state index in [0.717, 1.165) is 11.6 Å². The highest BCUT2D eigenvalue weighted by Crippen LogP contribution is 2.28. The number of hydrogen-bond acceptors (Lipinski definition) is 5. The number of aromatic nitrogens is 2. The molecular weight excluding hydrogens is 507 g/mol. The van der Waals surface area contributed by atoms with Crippen molar-refractivity contribution in [1.29, 1.82) is 0 Å². The highest BCUT2D eigenvalue weighted by molar-refractivity contribution is 6.31. The monoisotopic (exact) mass is 539 g/mol. The van der Waals surface area contributed by atoms with Crippen molar-refractivity contribution in [1.82, 2.24) is 20.0 Å². The van der Waals surface area contributed by atoms with Gasteiger partial charge in [-0.3, -0.25) is 4.90 Å². The molecule has 3 rings (SSSR count). The lowest BCUT2D eigenvalue weighted by Gasteiger charge is -2.31. The van der Waals surface area contributed by atoms with Crippen LogP contribution in [0.4, 0.5) is 23.7 Å². The van der Waals surface area contributed by atoms with E-state index in [2.05, 4.69) is 10.2 Å². The van der Waals surface area contributed by atoms with Crippen LogP contribution in [0.3, 0.4) is 0 Å². The summed E-state index contributed by atoms with van der Waals surface area (Å²) in [4.78, 5) is 18.6. The van der Waals surface area contributed by atoms with Gasteiger partial charge in [0.25, 0.3) is 5.89 Å². The third-order valence-electron chi connectivity index (χ3n) is 5.42. The van der Waals surface area contributed by atoms with Crippen LogP contribution in [-0.2, 0) is 6.54 Å². The Morgan fingerprint density at radius 1 is 1.08 bits per heavy atom. The zero-order valence-corrected chi connectivity index (χ0v) is 22.7. The van der Waals surface area contributed by atoms with Crippen molar-refractivity contribution in [3.8, 4) is 11.5 Å². The molecule has 37 heavy (non-hydrogen) atoms. The zero-order chi connectivity index (χ0) is 27.7. The number of alkyl halides is 2. The van der Waals surface area contributed by atoms with Crippen molar-refractivity contribution in [3.63, 3.8) is 0 Å². The number of urea groups is 1. The van der Waals surface area contributed by atoms with Gasteiger partial charge in [0.05, 0.1) is 6.54 Å². The molecule has 0 unspecified atom stereocenters. The molecule has 0 saturated heterocycles. The number of nitrogens with zero attached hydrogens (tertiary/aromatic N) is 5. The van der Waals surface area contributed by atoms with E-state index in [0.29, 0.717) is 30.3 Å². The summed E-state index contributed by atoms with van der Waals surface area (Å²) in [6, 6.07) is 8.99. The van der Waals surface area contributed by atoms with Gasteiger partial charge < -0.3 is 14.2 Å². The van der Waals surface area contributed by atoms with E-state index in [4.69, 9.17) is 16.0 Å². The normalized spacial score (nSPS) is 10.9. The number of hydrogen-bond donors (Lipinski definition) is 0. The largest absolute Gasteiger partial charge is 0.415 e. The molecular formula is C26H33ClF3N5O2. The standard InChI is InChI=1S/C24H27ClF3N5O2.C2H6/c1-5-32(11-10-31(3)4)24(34)33(18-9-6-15(2)19(25)13-18)14-17-8-7-16(12-20(17)26)22-29-30-23(35-22)21(27)28;1-2/h6-9,12-13,21H,5,10-11,14H2,1-4H3;1-2H3. The summed E-state index contributed by atoms with van der Waals surface area (Å²) in [5.74, 6) is -1.70. The summed E-state index contributed by atoms with van der Waals surface area (Å²) in [7, 11) is 3.83. The van der Waals surface area contributed by atoms with E-state index in [1.165, 1.54) is 17.0 Å². The zero-order valence-electron chi connectivity index (χ0n) is 21.9. The van der Waals surface area contributed by atoms with Gasteiger partial charge in [-0.25, -0.2) is 9.18 Å². The molecule has 1 heterocycles. The second kappa shape index (κ2) is 14.0. The summed E-state index contributed by atoms with van der Waals surface area (Å²) in [5.41, 5.74) is 1.75. The van der Waals surface area contributed by atoms with Crippen LogP contribution in [0, 0.1) is 12.7 Å². The number of halogens is 4. The van der Waals surface area contributed by atoms with Gasteiger partial charge in [0, 0.05) is 41.5 Å². The molecule has 2 aromatic carbocycles. The number of carbonyl (C=O) groups excluding carboxylic acids is 1. The van der Waals surface area contributed by atoms with Crippen LogP contribution in [0.2, 0.25) is 5.02 Å². The average molecular weight is 540 g/mol. The Kier molecular flexibility index (Phi) is 11.4. The molecule has 1 aromatic heterocycles. The summed E-state index contributed by atoms with van der Waals surface area (Å²) >= 11 is 6.32. The number of rotatable bonds is 9. The minimum atomic E-state index is -2.92. The van der Waals surface area contributed by atoms with Crippen LogP contribution in [-0.4, -0.2) is 59.8 Å². The smallest absolute Gasteiger partial charge is 0.324 e. The quantitative estimate of drug-likeness (QED) is 0.299. The van der Waals surface area contributed by atoms with Gasteiger partial charge in [-0.05, 0) is 57.8 Å². The highest BCUT2D eigenvalue weighted by atomic mass is 35.5.